The molecule has 0 aliphatic carbocycles. The van der Waals surface area contributed by atoms with Crippen molar-refractivity contribution in [2.75, 3.05) is 25.0 Å². The van der Waals surface area contributed by atoms with Gasteiger partial charge in [0.05, 0.1) is 12.1 Å². The van der Waals surface area contributed by atoms with Crippen LogP contribution >= 0.6 is 0 Å². The van der Waals surface area contributed by atoms with Crippen molar-refractivity contribution in [3.05, 3.63) is 65.2 Å². The van der Waals surface area contributed by atoms with Crippen molar-refractivity contribution < 1.29 is 23.9 Å². The number of ether oxygens (including phenoxy) is 1. The highest BCUT2D eigenvalue weighted by Crippen LogP contribution is 2.13. The Labute approximate surface area is 169 Å². The molecule has 0 aliphatic rings. The van der Waals surface area contributed by atoms with E-state index in [0.717, 1.165) is 5.56 Å². The second-order valence-corrected chi connectivity index (χ2v) is 6.49. The summed E-state index contributed by atoms with van der Waals surface area (Å²) in [4.78, 5) is 48.9. The number of carbonyl (C=O) groups excluding carboxylic acids is 4. The summed E-state index contributed by atoms with van der Waals surface area (Å²) in [6.45, 7) is 3.54. The summed E-state index contributed by atoms with van der Waals surface area (Å²) < 4.78 is 5.06. The predicted molar refractivity (Wildman–Crippen MR) is 109 cm³/mol. The number of esters is 1. The van der Waals surface area contributed by atoms with Crippen LogP contribution in [-0.4, -0.2) is 48.7 Å². The second-order valence-electron chi connectivity index (χ2n) is 6.49. The quantitative estimate of drug-likeness (QED) is 0.520. The predicted octanol–water partition coefficient (Wildman–Crippen LogP) is 2.84. The minimum absolute atomic E-state index is 0.132. The molecule has 0 unspecified atom stereocenters. The van der Waals surface area contributed by atoms with E-state index in [0.29, 0.717) is 30.5 Å². The lowest BCUT2D eigenvalue weighted by Gasteiger charge is -2.21. The Morgan fingerprint density at radius 1 is 1.07 bits per heavy atom. The topological polar surface area (TPSA) is 92.8 Å². The van der Waals surface area contributed by atoms with E-state index < -0.39 is 18.5 Å². The summed E-state index contributed by atoms with van der Waals surface area (Å²) in [5.41, 5.74) is 2.28. The average Bonchev–Trinajstić information content (AvgIpc) is 2.73. The van der Waals surface area contributed by atoms with Crippen LogP contribution in [-0.2, 0) is 14.3 Å². The maximum atomic E-state index is 12.4. The maximum absolute atomic E-state index is 12.4. The summed E-state index contributed by atoms with van der Waals surface area (Å²) in [6, 6.07) is 13.3. The van der Waals surface area contributed by atoms with Crippen molar-refractivity contribution >= 4 is 29.8 Å². The highest BCUT2D eigenvalue weighted by Gasteiger charge is 2.19. The Balaban J connectivity index is 1.92. The standard InChI is InChI=1S/C22H24N2O5/c1-3-12-24(13-20(26)23-19-7-5-4-6-16(19)2)21(27)15-29-22(28)18-10-8-17(14-25)9-11-18/h4-11,14H,3,12-13,15H2,1-2H3,(H,23,26). The van der Waals surface area contributed by atoms with E-state index in [1.807, 2.05) is 32.0 Å². The van der Waals surface area contributed by atoms with Crippen LogP contribution < -0.4 is 5.32 Å². The van der Waals surface area contributed by atoms with Gasteiger partial charge in [0.2, 0.25) is 5.91 Å². The van der Waals surface area contributed by atoms with E-state index in [1.165, 1.54) is 29.2 Å². The SMILES string of the molecule is CCCN(CC(=O)Nc1ccccc1C)C(=O)COC(=O)c1ccc(C=O)cc1. The Morgan fingerprint density at radius 2 is 1.76 bits per heavy atom. The molecule has 0 atom stereocenters. The molecule has 7 nitrogen and oxygen atoms in total. The molecule has 0 fully saturated rings. The molecular weight excluding hydrogens is 372 g/mol. The summed E-state index contributed by atoms with van der Waals surface area (Å²) in [7, 11) is 0. The fourth-order valence-electron chi connectivity index (χ4n) is 2.64. The van der Waals surface area contributed by atoms with Gasteiger partial charge >= 0.3 is 5.97 Å². The highest BCUT2D eigenvalue weighted by atomic mass is 16.5. The zero-order valence-electron chi connectivity index (χ0n) is 16.5. The second kappa shape index (κ2) is 10.8. The molecule has 0 spiro atoms. The van der Waals surface area contributed by atoms with Gasteiger partial charge in [-0.3, -0.25) is 14.4 Å². The largest absolute Gasteiger partial charge is 0.452 e. The molecule has 2 aromatic rings. The first-order valence-electron chi connectivity index (χ1n) is 9.30. The minimum atomic E-state index is -0.670. The van der Waals surface area contributed by atoms with Gasteiger partial charge in [-0.2, -0.15) is 0 Å². The summed E-state index contributed by atoms with van der Waals surface area (Å²) in [6.07, 6.45) is 1.33. The van der Waals surface area contributed by atoms with Gasteiger partial charge in [-0.05, 0) is 37.1 Å². The number of nitrogens with zero attached hydrogens (tertiary/aromatic N) is 1. The average molecular weight is 396 g/mol. The molecular formula is C22H24N2O5. The molecule has 0 bridgehead atoms. The number of hydrogen-bond donors (Lipinski definition) is 1. The third-order valence-corrected chi connectivity index (χ3v) is 4.21. The van der Waals surface area contributed by atoms with Gasteiger partial charge in [0.1, 0.15) is 6.29 Å². The molecule has 1 N–H and O–H groups in total. The molecule has 0 heterocycles. The van der Waals surface area contributed by atoms with Crippen molar-refractivity contribution in [3.8, 4) is 0 Å². The van der Waals surface area contributed by atoms with E-state index in [-0.39, 0.29) is 18.0 Å². The number of amides is 2. The van der Waals surface area contributed by atoms with Gasteiger partial charge < -0.3 is 15.0 Å². The number of rotatable bonds is 9. The molecule has 0 aliphatic heterocycles. The Bertz CT molecular complexity index is 877. The maximum Gasteiger partial charge on any atom is 0.338 e. The van der Waals surface area contributed by atoms with Crippen molar-refractivity contribution in [3.63, 3.8) is 0 Å². The number of nitrogens with one attached hydrogen (secondary N) is 1. The monoisotopic (exact) mass is 396 g/mol. The van der Waals surface area contributed by atoms with Gasteiger partial charge in [-0.1, -0.05) is 37.3 Å². The van der Waals surface area contributed by atoms with Crippen LogP contribution in [0.1, 0.15) is 39.6 Å². The number of benzene rings is 2. The van der Waals surface area contributed by atoms with Crippen LogP contribution in [0, 0.1) is 6.92 Å². The first-order chi connectivity index (χ1) is 13.9. The number of anilines is 1. The molecule has 0 radical (unpaired) electrons. The Hall–Kier alpha value is -3.48. The molecule has 152 valence electrons. The number of hydrogen-bond acceptors (Lipinski definition) is 5. The van der Waals surface area contributed by atoms with Crippen LogP contribution in [0.5, 0.6) is 0 Å². The first-order valence-corrected chi connectivity index (χ1v) is 9.30. The highest BCUT2D eigenvalue weighted by molar-refractivity contribution is 5.96. The molecule has 7 heteroatoms. The Kier molecular flexibility index (Phi) is 8.09. The molecule has 2 rings (SSSR count). The third kappa shape index (κ3) is 6.57. The fraction of sp³-hybridized carbons (Fsp3) is 0.273. The zero-order chi connectivity index (χ0) is 21.2. The fourth-order valence-corrected chi connectivity index (χ4v) is 2.64. The van der Waals surface area contributed by atoms with Crippen LogP contribution in [0.25, 0.3) is 0 Å². The first kappa shape index (κ1) is 21.8. The lowest BCUT2D eigenvalue weighted by atomic mass is 10.1. The minimum Gasteiger partial charge on any atom is -0.452 e. The smallest absolute Gasteiger partial charge is 0.338 e. The lowest BCUT2D eigenvalue weighted by molar-refractivity contribution is -0.137. The van der Waals surface area contributed by atoms with Crippen molar-refractivity contribution in [2.45, 2.75) is 20.3 Å². The van der Waals surface area contributed by atoms with Gasteiger partial charge in [-0.15, -0.1) is 0 Å². The summed E-state index contributed by atoms with van der Waals surface area (Å²) in [5.74, 6) is -1.45. The number of carbonyl (C=O) groups is 4. The molecule has 2 amide bonds. The molecule has 2 aromatic carbocycles. The van der Waals surface area contributed by atoms with Gasteiger partial charge in [0.15, 0.2) is 6.61 Å². The number of aldehydes is 1. The molecule has 29 heavy (non-hydrogen) atoms. The zero-order valence-corrected chi connectivity index (χ0v) is 16.5. The molecule has 0 aromatic heterocycles. The van der Waals surface area contributed by atoms with Crippen molar-refractivity contribution in [1.82, 2.24) is 4.90 Å². The Morgan fingerprint density at radius 3 is 2.38 bits per heavy atom. The van der Waals surface area contributed by atoms with Crippen LogP contribution in [0.4, 0.5) is 5.69 Å². The summed E-state index contributed by atoms with van der Waals surface area (Å²) >= 11 is 0. The number of para-hydroxylation sites is 1. The van der Waals surface area contributed by atoms with E-state index in [2.05, 4.69) is 5.32 Å². The van der Waals surface area contributed by atoms with Gasteiger partial charge in [-0.25, -0.2) is 4.79 Å². The summed E-state index contributed by atoms with van der Waals surface area (Å²) in [5, 5.41) is 2.79. The van der Waals surface area contributed by atoms with Gasteiger partial charge in [0.25, 0.3) is 5.91 Å². The van der Waals surface area contributed by atoms with Crippen LogP contribution in [0.2, 0.25) is 0 Å². The van der Waals surface area contributed by atoms with Crippen LogP contribution in [0.15, 0.2) is 48.5 Å². The van der Waals surface area contributed by atoms with E-state index in [9.17, 15) is 19.2 Å². The van der Waals surface area contributed by atoms with Gasteiger partial charge in [0, 0.05) is 17.8 Å². The van der Waals surface area contributed by atoms with Crippen molar-refractivity contribution in [1.29, 1.82) is 0 Å². The van der Waals surface area contributed by atoms with Crippen molar-refractivity contribution in [2.24, 2.45) is 0 Å². The molecule has 0 saturated heterocycles. The molecule has 0 saturated carbocycles. The lowest BCUT2D eigenvalue weighted by Crippen LogP contribution is -2.40. The van der Waals surface area contributed by atoms with E-state index in [4.69, 9.17) is 4.74 Å². The van der Waals surface area contributed by atoms with E-state index >= 15 is 0 Å². The normalized spacial score (nSPS) is 10.1. The van der Waals surface area contributed by atoms with E-state index in [1.54, 1.807) is 6.07 Å². The number of aryl methyl sites for hydroxylation is 1. The third-order valence-electron chi connectivity index (χ3n) is 4.21. The van der Waals surface area contributed by atoms with Crippen LogP contribution in [0.3, 0.4) is 0 Å².